The van der Waals surface area contributed by atoms with Gasteiger partial charge in [-0.15, -0.1) is 0 Å². The van der Waals surface area contributed by atoms with Crippen molar-refractivity contribution in [1.82, 2.24) is 14.6 Å². The van der Waals surface area contributed by atoms with E-state index in [1.54, 1.807) is 37.3 Å². The van der Waals surface area contributed by atoms with E-state index in [1.807, 2.05) is 0 Å². The minimum atomic E-state index is -3.98. The number of likely N-dealkylation sites (tertiary alicyclic amines) is 1. The summed E-state index contributed by atoms with van der Waals surface area (Å²) in [6, 6.07) is 7.02. The van der Waals surface area contributed by atoms with E-state index in [0.29, 0.717) is 17.3 Å². The van der Waals surface area contributed by atoms with Crippen molar-refractivity contribution in [1.29, 1.82) is 0 Å². The van der Waals surface area contributed by atoms with Gasteiger partial charge in [0.05, 0.1) is 18.5 Å². The van der Waals surface area contributed by atoms with Crippen LogP contribution < -0.4 is 4.72 Å². The van der Waals surface area contributed by atoms with Crippen LogP contribution >= 0.6 is 0 Å². The average molecular weight is 496 g/mol. The predicted molar refractivity (Wildman–Crippen MR) is 121 cm³/mol. The van der Waals surface area contributed by atoms with Gasteiger partial charge in [0, 0.05) is 22.7 Å². The van der Waals surface area contributed by atoms with Crippen molar-refractivity contribution in [3.63, 3.8) is 0 Å². The number of aromatic nitrogens is 1. The average Bonchev–Trinajstić information content (AvgIpc) is 2.90. The monoisotopic (exact) mass is 495 g/mol. The number of pyridine rings is 1. The lowest BCUT2D eigenvalue weighted by atomic mass is 9.43. The lowest BCUT2D eigenvalue weighted by Crippen LogP contribution is -2.65. The van der Waals surface area contributed by atoms with E-state index in [4.69, 9.17) is 0 Å². The van der Waals surface area contributed by atoms with Gasteiger partial charge >= 0.3 is 0 Å². The van der Waals surface area contributed by atoms with Crippen LogP contribution in [0.15, 0.2) is 36.4 Å². The lowest BCUT2D eigenvalue weighted by Gasteiger charge is -2.65. The van der Waals surface area contributed by atoms with Gasteiger partial charge in [0.15, 0.2) is 0 Å². The summed E-state index contributed by atoms with van der Waals surface area (Å²) in [6.07, 6.45) is 1.82. The van der Waals surface area contributed by atoms with Gasteiger partial charge in [-0.05, 0) is 62.3 Å². The fourth-order valence-electron chi connectivity index (χ4n) is 5.90. The Hall–Kier alpha value is -2.01. The van der Waals surface area contributed by atoms with Crippen LogP contribution in [-0.2, 0) is 16.4 Å². The second-order valence-corrected chi connectivity index (χ2v) is 12.0. The van der Waals surface area contributed by atoms with Gasteiger partial charge in [0.2, 0.25) is 10.0 Å². The number of halogens is 3. The second-order valence-electron chi connectivity index (χ2n) is 10.2. The Kier molecular flexibility index (Phi) is 5.59. The molecule has 4 aliphatic rings. The van der Waals surface area contributed by atoms with Crippen molar-refractivity contribution in [3.8, 4) is 11.3 Å². The van der Waals surface area contributed by atoms with E-state index in [2.05, 4.69) is 9.71 Å². The number of sulfonamides is 1. The number of benzene rings is 1. The fourth-order valence-corrected chi connectivity index (χ4v) is 6.69. The number of rotatable bonds is 7. The highest BCUT2D eigenvalue weighted by molar-refractivity contribution is 7.88. The van der Waals surface area contributed by atoms with Gasteiger partial charge < -0.3 is 5.11 Å². The zero-order valence-corrected chi connectivity index (χ0v) is 19.8. The Morgan fingerprint density at radius 1 is 1.21 bits per heavy atom. The standard InChI is InChI=1S/C24H28F3N3O3S/c1-14-5-3-8-18(28-14)17-7-4-6-16(20(17)25)9-19-21(29-34(2,32)33)24(26,27)13-30(19)22(31)23-10-15(11-23)12-23/h3-8,15,19,21-22,29,31H,9-13H2,1-2H3/t15?,19-,21+,22?,23?/m0/s1. The molecule has 2 heterocycles. The molecule has 0 radical (unpaired) electrons. The minimum absolute atomic E-state index is 0.165. The van der Waals surface area contributed by atoms with Crippen LogP contribution in [0.1, 0.15) is 30.5 Å². The molecule has 4 fully saturated rings. The molecule has 184 valence electrons. The van der Waals surface area contributed by atoms with Crippen LogP contribution in [0.3, 0.4) is 0 Å². The highest BCUT2D eigenvalue weighted by atomic mass is 32.2. The maximum atomic E-state index is 15.6. The Morgan fingerprint density at radius 2 is 1.88 bits per heavy atom. The van der Waals surface area contributed by atoms with Crippen molar-refractivity contribution in [2.45, 2.75) is 56.8 Å². The molecular weight excluding hydrogens is 467 g/mol. The normalized spacial score (nSPS) is 31.1. The van der Waals surface area contributed by atoms with Crippen molar-refractivity contribution in [2.24, 2.45) is 11.3 Å². The number of hydrogen-bond donors (Lipinski definition) is 2. The second kappa shape index (κ2) is 8.01. The molecule has 0 amide bonds. The first-order valence-corrected chi connectivity index (χ1v) is 13.3. The number of alkyl halides is 2. The molecule has 0 spiro atoms. The van der Waals surface area contributed by atoms with E-state index in [1.165, 1.54) is 11.0 Å². The third-order valence-corrected chi connectivity index (χ3v) is 8.30. The topological polar surface area (TPSA) is 82.5 Å². The third-order valence-electron chi connectivity index (χ3n) is 7.62. The molecule has 1 unspecified atom stereocenters. The fraction of sp³-hybridized carbons (Fsp3) is 0.542. The summed E-state index contributed by atoms with van der Waals surface area (Å²) < 4.78 is 71.8. The molecule has 3 atom stereocenters. The molecule has 34 heavy (non-hydrogen) atoms. The highest BCUT2D eigenvalue weighted by Crippen LogP contribution is 2.67. The Morgan fingerprint density at radius 3 is 2.47 bits per heavy atom. The van der Waals surface area contributed by atoms with Gasteiger partial charge in [0.1, 0.15) is 18.1 Å². The van der Waals surface area contributed by atoms with Crippen molar-refractivity contribution in [3.05, 3.63) is 53.5 Å². The van der Waals surface area contributed by atoms with E-state index in [-0.39, 0.29) is 17.5 Å². The Labute approximate surface area is 197 Å². The molecular formula is C24H28F3N3O3S. The summed E-state index contributed by atoms with van der Waals surface area (Å²) in [6.45, 7) is 0.997. The van der Waals surface area contributed by atoms with Crippen molar-refractivity contribution >= 4 is 10.0 Å². The van der Waals surface area contributed by atoms with E-state index < -0.39 is 52.0 Å². The first-order valence-electron chi connectivity index (χ1n) is 11.4. The van der Waals surface area contributed by atoms with Gasteiger partial charge in [-0.3, -0.25) is 9.88 Å². The van der Waals surface area contributed by atoms with Crippen LogP contribution in [0.5, 0.6) is 0 Å². The summed E-state index contributed by atoms with van der Waals surface area (Å²) in [5.41, 5.74) is 1.12. The number of aryl methyl sites for hydroxylation is 1. The SMILES string of the molecule is Cc1cccc(-c2cccc(C[C@H]3[C@@H](NS(C)(=O)=O)C(F)(F)CN3C(O)C34CC(C3)C4)c2F)n1. The molecule has 2 N–H and O–H groups in total. The minimum Gasteiger partial charge on any atom is -0.378 e. The molecule has 6 nitrogen and oxygen atoms in total. The number of aliphatic hydroxyl groups is 1. The maximum absolute atomic E-state index is 15.6. The smallest absolute Gasteiger partial charge is 0.278 e. The van der Waals surface area contributed by atoms with Gasteiger partial charge in [-0.2, -0.15) is 0 Å². The van der Waals surface area contributed by atoms with Crippen LogP contribution in [0.2, 0.25) is 0 Å². The summed E-state index contributed by atoms with van der Waals surface area (Å²) in [4.78, 5) is 5.65. The van der Waals surface area contributed by atoms with Gasteiger partial charge in [-0.1, -0.05) is 18.2 Å². The van der Waals surface area contributed by atoms with Crippen molar-refractivity contribution in [2.75, 3.05) is 12.8 Å². The molecule has 3 aliphatic carbocycles. The number of aliphatic hydroxyl groups excluding tert-OH is 1. The van der Waals surface area contributed by atoms with Gasteiger partial charge in [-0.25, -0.2) is 26.3 Å². The van der Waals surface area contributed by atoms with Crippen LogP contribution in [0.4, 0.5) is 13.2 Å². The number of nitrogens with one attached hydrogen (secondary N) is 1. The summed E-state index contributed by atoms with van der Waals surface area (Å²) in [5.74, 6) is -3.49. The van der Waals surface area contributed by atoms with Crippen LogP contribution in [-0.4, -0.2) is 60.4 Å². The molecule has 3 saturated carbocycles. The Balaban J connectivity index is 1.51. The quantitative estimate of drug-likeness (QED) is 0.617. The molecule has 10 heteroatoms. The van der Waals surface area contributed by atoms with Gasteiger partial charge in [0.25, 0.3) is 5.92 Å². The molecule has 1 aromatic heterocycles. The zero-order chi connectivity index (χ0) is 24.5. The largest absolute Gasteiger partial charge is 0.378 e. The number of hydrogen-bond acceptors (Lipinski definition) is 5. The Bertz CT molecular complexity index is 1210. The van der Waals surface area contributed by atoms with E-state index in [9.17, 15) is 13.5 Å². The lowest BCUT2D eigenvalue weighted by molar-refractivity contribution is -0.236. The highest BCUT2D eigenvalue weighted by Gasteiger charge is 2.66. The third kappa shape index (κ3) is 4.04. The van der Waals surface area contributed by atoms with Crippen LogP contribution in [0, 0.1) is 24.1 Å². The first-order chi connectivity index (χ1) is 15.9. The van der Waals surface area contributed by atoms with E-state index >= 15 is 13.2 Å². The number of nitrogens with zero attached hydrogens (tertiary/aromatic N) is 2. The zero-order valence-electron chi connectivity index (χ0n) is 19.0. The summed E-state index contributed by atoms with van der Waals surface area (Å²) >= 11 is 0. The summed E-state index contributed by atoms with van der Waals surface area (Å²) in [7, 11) is -3.98. The predicted octanol–water partition coefficient (Wildman–Crippen LogP) is 3.09. The van der Waals surface area contributed by atoms with E-state index in [0.717, 1.165) is 25.5 Å². The van der Waals surface area contributed by atoms with Crippen molar-refractivity contribution < 1.29 is 26.7 Å². The molecule has 1 aliphatic heterocycles. The molecule has 1 saturated heterocycles. The molecule has 1 aromatic carbocycles. The molecule has 2 bridgehead atoms. The summed E-state index contributed by atoms with van der Waals surface area (Å²) in [5, 5.41) is 11.1. The molecule has 2 aromatic rings. The van der Waals surface area contributed by atoms with Crippen LogP contribution in [0.25, 0.3) is 11.3 Å². The first kappa shape index (κ1) is 23.7. The maximum Gasteiger partial charge on any atom is 0.278 e. The molecule has 6 rings (SSSR count).